The minimum absolute atomic E-state index is 0.368. The first-order valence-electron chi connectivity index (χ1n) is 5.68. The van der Waals surface area contributed by atoms with Gasteiger partial charge in [0.2, 0.25) is 5.91 Å². The van der Waals surface area contributed by atoms with Gasteiger partial charge in [-0.1, -0.05) is 22.5 Å². The van der Waals surface area contributed by atoms with Crippen LogP contribution in [-0.4, -0.2) is 43.2 Å². The van der Waals surface area contributed by atoms with E-state index in [1.165, 1.54) is 0 Å². The number of rotatable bonds is 4. The molecule has 0 spiro atoms. The molecule has 1 heterocycles. The van der Waals surface area contributed by atoms with E-state index in [0.29, 0.717) is 19.5 Å². The second-order valence-corrected chi connectivity index (χ2v) is 5.55. The van der Waals surface area contributed by atoms with Crippen molar-refractivity contribution in [3.05, 3.63) is 11.1 Å². The largest absolute Gasteiger partial charge is 0.405 e. The number of carbonyl (C=O) groups excluding carboxylic acids is 1. The molecular weight excluding hydrogens is 313 g/mol. The second-order valence-electron chi connectivity index (χ2n) is 4.42. The standard InChI is InChI=1S/C11H16BrF3N2O/c1-8(12)5-17-4-2-3-9(6-17)10(18)16-7-11(13,14)15/h9H,1-7H2,(H,16,18)/t9-/m0/s1. The number of halogens is 4. The summed E-state index contributed by atoms with van der Waals surface area (Å²) in [6.45, 7) is 4.39. The Hall–Kier alpha value is -0.560. The molecule has 0 bridgehead atoms. The van der Waals surface area contributed by atoms with E-state index in [1.54, 1.807) is 0 Å². The predicted molar refractivity (Wildman–Crippen MR) is 66.3 cm³/mol. The Labute approximate surface area is 113 Å². The summed E-state index contributed by atoms with van der Waals surface area (Å²) < 4.78 is 36.8. The molecule has 1 amide bonds. The number of hydrogen-bond donors (Lipinski definition) is 1. The molecule has 1 aliphatic heterocycles. The van der Waals surface area contributed by atoms with Crippen LogP contribution in [0.4, 0.5) is 13.2 Å². The number of likely N-dealkylation sites (tertiary alicyclic amines) is 1. The molecule has 7 heteroatoms. The average molecular weight is 329 g/mol. The lowest BCUT2D eigenvalue weighted by Crippen LogP contribution is -2.45. The smallest absolute Gasteiger partial charge is 0.347 e. The van der Waals surface area contributed by atoms with Crippen molar-refractivity contribution in [1.82, 2.24) is 10.2 Å². The summed E-state index contributed by atoms with van der Waals surface area (Å²) in [5.74, 6) is -0.884. The van der Waals surface area contributed by atoms with E-state index in [1.807, 2.05) is 10.2 Å². The molecule has 104 valence electrons. The molecule has 0 unspecified atom stereocenters. The van der Waals surface area contributed by atoms with Crippen molar-refractivity contribution in [2.75, 3.05) is 26.2 Å². The fourth-order valence-corrected chi connectivity index (χ4v) is 2.34. The molecule has 1 atom stereocenters. The maximum absolute atomic E-state index is 12.0. The van der Waals surface area contributed by atoms with Crippen molar-refractivity contribution in [3.8, 4) is 0 Å². The van der Waals surface area contributed by atoms with Gasteiger partial charge < -0.3 is 5.32 Å². The van der Waals surface area contributed by atoms with Crippen LogP contribution in [0.15, 0.2) is 11.1 Å². The number of hydrogen-bond acceptors (Lipinski definition) is 2. The molecule has 0 radical (unpaired) electrons. The van der Waals surface area contributed by atoms with Gasteiger partial charge in [0.05, 0.1) is 5.92 Å². The van der Waals surface area contributed by atoms with Crippen molar-refractivity contribution in [3.63, 3.8) is 0 Å². The third-order valence-electron chi connectivity index (χ3n) is 2.73. The minimum atomic E-state index is -4.35. The Morgan fingerprint density at radius 1 is 1.50 bits per heavy atom. The van der Waals surface area contributed by atoms with E-state index < -0.39 is 18.6 Å². The highest BCUT2D eigenvalue weighted by Gasteiger charge is 2.31. The highest BCUT2D eigenvalue weighted by atomic mass is 79.9. The Kier molecular flexibility index (Phi) is 5.65. The van der Waals surface area contributed by atoms with E-state index in [0.717, 1.165) is 17.4 Å². The number of carbonyl (C=O) groups is 1. The summed E-state index contributed by atoms with van der Waals surface area (Å²) in [6, 6.07) is 0. The Morgan fingerprint density at radius 2 is 2.17 bits per heavy atom. The summed E-state index contributed by atoms with van der Waals surface area (Å²) in [5.41, 5.74) is 0. The molecule has 1 fully saturated rings. The topological polar surface area (TPSA) is 32.3 Å². The molecule has 1 saturated heterocycles. The van der Waals surface area contributed by atoms with E-state index in [-0.39, 0.29) is 5.92 Å². The summed E-state index contributed by atoms with van der Waals surface area (Å²) in [7, 11) is 0. The molecule has 3 nitrogen and oxygen atoms in total. The number of nitrogens with zero attached hydrogens (tertiary/aromatic N) is 1. The zero-order chi connectivity index (χ0) is 13.8. The fourth-order valence-electron chi connectivity index (χ4n) is 1.99. The molecule has 0 saturated carbocycles. The van der Waals surface area contributed by atoms with Gasteiger partial charge >= 0.3 is 6.18 Å². The van der Waals surface area contributed by atoms with Crippen LogP contribution in [0.25, 0.3) is 0 Å². The van der Waals surface area contributed by atoms with Gasteiger partial charge in [-0.05, 0) is 19.4 Å². The SMILES string of the molecule is C=C(Br)CN1CCC[C@H](C(=O)NCC(F)(F)F)C1. The van der Waals surface area contributed by atoms with Crippen LogP contribution >= 0.6 is 15.9 Å². The van der Waals surface area contributed by atoms with Gasteiger partial charge in [0.1, 0.15) is 6.54 Å². The highest BCUT2D eigenvalue weighted by molar-refractivity contribution is 9.11. The zero-order valence-corrected chi connectivity index (χ0v) is 11.5. The highest BCUT2D eigenvalue weighted by Crippen LogP contribution is 2.19. The van der Waals surface area contributed by atoms with E-state index in [4.69, 9.17) is 0 Å². The molecule has 1 aliphatic rings. The van der Waals surface area contributed by atoms with Gasteiger partial charge in [-0.2, -0.15) is 13.2 Å². The Morgan fingerprint density at radius 3 is 2.72 bits per heavy atom. The number of alkyl halides is 3. The maximum Gasteiger partial charge on any atom is 0.405 e. The van der Waals surface area contributed by atoms with Crippen molar-refractivity contribution >= 4 is 21.8 Å². The van der Waals surface area contributed by atoms with Gasteiger partial charge in [-0.25, -0.2) is 0 Å². The number of amides is 1. The lowest BCUT2D eigenvalue weighted by atomic mass is 9.97. The van der Waals surface area contributed by atoms with Crippen LogP contribution in [0.1, 0.15) is 12.8 Å². The van der Waals surface area contributed by atoms with Gasteiger partial charge in [-0.3, -0.25) is 9.69 Å². The molecule has 18 heavy (non-hydrogen) atoms. The van der Waals surface area contributed by atoms with Crippen molar-refractivity contribution in [2.24, 2.45) is 5.92 Å². The number of piperidine rings is 1. The third-order valence-corrected chi connectivity index (χ3v) is 2.99. The Balaban J connectivity index is 2.41. The van der Waals surface area contributed by atoms with Crippen molar-refractivity contribution in [1.29, 1.82) is 0 Å². The summed E-state index contributed by atoms with van der Waals surface area (Å²) in [6.07, 6.45) is -2.91. The average Bonchev–Trinajstić information content (AvgIpc) is 2.24. The second kappa shape index (κ2) is 6.56. The van der Waals surface area contributed by atoms with E-state index >= 15 is 0 Å². The summed E-state index contributed by atoms with van der Waals surface area (Å²) >= 11 is 3.24. The fraction of sp³-hybridized carbons (Fsp3) is 0.727. The predicted octanol–water partition coefficient (Wildman–Crippen LogP) is 2.29. The lowest BCUT2D eigenvalue weighted by Gasteiger charge is -2.31. The van der Waals surface area contributed by atoms with Crippen molar-refractivity contribution in [2.45, 2.75) is 19.0 Å². The molecule has 1 rings (SSSR count). The van der Waals surface area contributed by atoms with E-state index in [2.05, 4.69) is 22.5 Å². The van der Waals surface area contributed by atoms with Crippen LogP contribution in [0.2, 0.25) is 0 Å². The van der Waals surface area contributed by atoms with Crippen LogP contribution in [0.5, 0.6) is 0 Å². The molecule has 0 aliphatic carbocycles. The van der Waals surface area contributed by atoms with Crippen LogP contribution < -0.4 is 5.32 Å². The van der Waals surface area contributed by atoms with Crippen LogP contribution in [0, 0.1) is 5.92 Å². The Bertz CT molecular complexity index is 320. The molecular formula is C11H16BrF3N2O. The molecule has 1 N–H and O–H groups in total. The third kappa shape index (κ3) is 5.86. The lowest BCUT2D eigenvalue weighted by molar-refractivity contribution is -0.141. The van der Waals surface area contributed by atoms with Gasteiger partial charge in [0.25, 0.3) is 0 Å². The molecule has 0 aromatic rings. The zero-order valence-electron chi connectivity index (χ0n) is 9.89. The summed E-state index contributed by atoms with van der Waals surface area (Å²) in [5, 5.41) is 1.94. The normalized spacial score (nSPS) is 21.7. The maximum atomic E-state index is 12.0. The van der Waals surface area contributed by atoms with Crippen LogP contribution in [-0.2, 0) is 4.79 Å². The van der Waals surface area contributed by atoms with E-state index in [9.17, 15) is 18.0 Å². The quantitative estimate of drug-likeness (QED) is 0.858. The van der Waals surface area contributed by atoms with Gasteiger partial charge in [0, 0.05) is 17.6 Å². The van der Waals surface area contributed by atoms with Gasteiger partial charge in [0.15, 0.2) is 0 Å². The number of nitrogens with one attached hydrogen (secondary N) is 1. The molecule has 0 aromatic carbocycles. The van der Waals surface area contributed by atoms with Crippen LogP contribution in [0.3, 0.4) is 0 Å². The first-order valence-corrected chi connectivity index (χ1v) is 6.47. The summed E-state index contributed by atoms with van der Waals surface area (Å²) in [4.78, 5) is 13.6. The molecule has 0 aromatic heterocycles. The monoisotopic (exact) mass is 328 g/mol. The minimum Gasteiger partial charge on any atom is -0.347 e. The van der Waals surface area contributed by atoms with Gasteiger partial charge in [-0.15, -0.1) is 0 Å². The van der Waals surface area contributed by atoms with Crippen molar-refractivity contribution < 1.29 is 18.0 Å². The first-order chi connectivity index (χ1) is 8.28. The first kappa shape index (κ1) is 15.5.